The van der Waals surface area contributed by atoms with Crippen molar-refractivity contribution in [3.8, 4) is 0 Å². The summed E-state index contributed by atoms with van der Waals surface area (Å²) in [5.41, 5.74) is 3.11. The first-order chi connectivity index (χ1) is 13.3. The fraction of sp³-hybridized carbons (Fsp3) is 0.200. The fourth-order valence-electron chi connectivity index (χ4n) is 2.66. The highest BCUT2D eigenvalue weighted by Crippen LogP contribution is 2.21. The highest BCUT2D eigenvalue weighted by Gasteiger charge is 2.19. The number of anilines is 1. The van der Waals surface area contributed by atoms with Gasteiger partial charge < -0.3 is 5.32 Å². The van der Waals surface area contributed by atoms with E-state index in [0.717, 1.165) is 16.3 Å². The van der Waals surface area contributed by atoms with E-state index >= 15 is 0 Å². The summed E-state index contributed by atoms with van der Waals surface area (Å²) < 4.78 is 28.1. The molecule has 8 heteroatoms. The summed E-state index contributed by atoms with van der Waals surface area (Å²) in [7, 11) is -3.81. The van der Waals surface area contributed by atoms with Crippen molar-refractivity contribution in [2.24, 2.45) is 0 Å². The minimum atomic E-state index is -3.81. The summed E-state index contributed by atoms with van der Waals surface area (Å²) in [5.74, 6) is -0.337. The van der Waals surface area contributed by atoms with E-state index in [1.54, 1.807) is 25.1 Å². The normalized spacial score (nSPS) is 11.2. The first kappa shape index (κ1) is 20.0. The lowest BCUT2D eigenvalue weighted by molar-refractivity contribution is 0.0949. The molecule has 3 aromatic rings. The second-order valence-electron chi connectivity index (χ2n) is 6.44. The Morgan fingerprint density at radius 1 is 1.07 bits per heavy atom. The molecule has 28 heavy (non-hydrogen) atoms. The highest BCUT2D eigenvalue weighted by molar-refractivity contribution is 7.92. The van der Waals surface area contributed by atoms with Crippen LogP contribution in [0.25, 0.3) is 0 Å². The van der Waals surface area contributed by atoms with Gasteiger partial charge >= 0.3 is 0 Å². The molecule has 2 N–H and O–H groups in total. The molecule has 0 bridgehead atoms. The van der Waals surface area contributed by atoms with Crippen molar-refractivity contribution in [3.05, 3.63) is 75.2 Å². The number of aromatic nitrogens is 1. The number of sulfonamides is 1. The molecule has 0 saturated carbocycles. The topological polar surface area (TPSA) is 88.2 Å². The summed E-state index contributed by atoms with van der Waals surface area (Å²) in [6, 6.07) is 11.7. The molecule has 3 rings (SSSR count). The van der Waals surface area contributed by atoms with E-state index in [0.29, 0.717) is 23.4 Å². The van der Waals surface area contributed by atoms with E-state index < -0.39 is 10.0 Å². The molecule has 0 saturated heterocycles. The maximum absolute atomic E-state index is 12.8. The summed E-state index contributed by atoms with van der Waals surface area (Å²) >= 11 is 1.51. The third kappa shape index (κ3) is 4.58. The van der Waals surface area contributed by atoms with E-state index in [1.165, 1.54) is 23.5 Å². The van der Waals surface area contributed by atoms with Gasteiger partial charge in [-0.15, -0.1) is 11.3 Å². The summed E-state index contributed by atoms with van der Waals surface area (Å²) in [4.78, 5) is 16.9. The predicted octanol–water partition coefficient (Wildman–Crippen LogP) is 3.80. The van der Waals surface area contributed by atoms with Gasteiger partial charge in [-0.25, -0.2) is 13.4 Å². The van der Waals surface area contributed by atoms with Crippen LogP contribution in [0.4, 0.5) is 5.69 Å². The van der Waals surface area contributed by atoms with Gasteiger partial charge in [-0.05, 0) is 50.1 Å². The molecule has 0 fully saturated rings. The van der Waals surface area contributed by atoms with Crippen molar-refractivity contribution in [2.75, 3.05) is 4.72 Å². The molecule has 0 aliphatic rings. The van der Waals surface area contributed by atoms with Crippen LogP contribution < -0.4 is 10.0 Å². The van der Waals surface area contributed by atoms with Gasteiger partial charge in [-0.3, -0.25) is 9.52 Å². The Balaban J connectivity index is 1.82. The number of hydrogen-bond donors (Lipinski definition) is 2. The predicted molar refractivity (Wildman–Crippen MR) is 111 cm³/mol. The molecule has 0 unspecified atom stereocenters. The van der Waals surface area contributed by atoms with Gasteiger partial charge in [0, 0.05) is 10.9 Å². The molecular formula is C20H21N3O3S2. The third-order valence-corrected chi connectivity index (χ3v) is 6.44. The summed E-state index contributed by atoms with van der Waals surface area (Å²) in [6.07, 6.45) is 0. The number of aryl methyl sites for hydroxylation is 3. The minimum absolute atomic E-state index is 0.0380. The van der Waals surface area contributed by atoms with Crippen LogP contribution in [0, 0.1) is 20.8 Å². The zero-order chi connectivity index (χ0) is 20.3. The van der Waals surface area contributed by atoms with E-state index in [4.69, 9.17) is 0 Å². The van der Waals surface area contributed by atoms with E-state index in [9.17, 15) is 13.2 Å². The van der Waals surface area contributed by atoms with Crippen molar-refractivity contribution in [3.63, 3.8) is 0 Å². The Morgan fingerprint density at radius 2 is 1.82 bits per heavy atom. The van der Waals surface area contributed by atoms with Crippen LogP contribution in [0.2, 0.25) is 0 Å². The van der Waals surface area contributed by atoms with E-state index in [2.05, 4.69) is 15.0 Å². The lowest BCUT2D eigenvalue weighted by Gasteiger charge is -2.13. The molecule has 2 aromatic carbocycles. The van der Waals surface area contributed by atoms with Crippen molar-refractivity contribution >= 4 is 33.0 Å². The second kappa shape index (κ2) is 8.12. The molecule has 0 atom stereocenters. The Kier molecular flexibility index (Phi) is 5.81. The van der Waals surface area contributed by atoms with Gasteiger partial charge in [-0.1, -0.05) is 24.3 Å². The molecule has 0 aliphatic heterocycles. The largest absolute Gasteiger partial charge is 0.346 e. The number of hydrogen-bond acceptors (Lipinski definition) is 5. The molecule has 1 heterocycles. The number of nitrogens with zero attached hydrogens (tertiary/aromatic N) is 1. The van der Waals surface area contributed by atoms with Crippen LogP contribution in [-0.4, -0.2) is 19.3 Å². The molecule has 6 nitrogen and oxygen atoms in total. The van der Waals surface area contributed by atoms with Gasteiger partial charge in [0.05, 0.1) is 27.8 Å². The number of carbonyl (C=O) groups is 1. The van der Waals surface area contributed by atoms with Crippen LogP contribution >= 0.6 is 11.3 Å². The molecule has 146 valence electrons. The SMILES string of the molecule is Cc1nc(CNC(=O)c2cc(S(=O)(=O)Nc3ccccc3C)ccc2C)cs1. The Hall–Kier alpha value is -2.71. The fourth-order valence-corrected chi connectivity index (χ4v) is 4.43. The average Bonchev–Trinajstić information content (AvgIpc) is 3.07. The van der Waals surface area contributed by atoms with Crippen LogP contribution in [0.15, 0.2) is 52.7 Å². The van der Waals surface area contributed by atoms with E-state index in [-0.39, 0.29) is 10.8 Å². The van der Waals surface area contributed by atoms with E-state index in [1.807, 2.05) is 31.4 Å². The lowest BCUT2D eigenvalue weighted by atomic mass is 10.1. The molecule has 1 amide bonds. The van der Waals surface area contributed by atoms with Crippen LogP contribution in [0.3, 0.4) is 0 Å². The second-order valence-corrected chi connectivity index (χ2v) is 9.18. The smallest absolute Gasteiger partial charge is 0.261 e. The standard InChI is InChI=1S/C20H21N3O3S2/c1-13-8-9-17(28(25,26)23-19-7-5-4-6-14(19)2)10-18(13)20(24)21-11-16-12-27-15(3)22-16/h4-10,12,23H,11H2,1-3H3,(H,21,24). The zero-order valence-corrected chi connectivity index (χ0v) is 17.4. The first-order valence-corrected chi connectivity index (χ1v) is 11.0. The minimum Gasteiger partial charge on any atom is -0.346 e. The number of nitrogens with one attached hydrogen (secondary N) is 2. The summed E-state index contributed by atoms with van der Waals surface area (Å²) in [6.45, 7) is 5.79. The number of para-hydroxylation sites is 1. The van der Waals surface area contributed by atoms with Gasteiger partial charge in [0.1, 0.15) is 0 Å². The lowest BCUT2D eigenvalue weighted by Crippen LogP contribution is -2.24. The van der Waals surface area contributed by atoms with Gasteiger partial charge in [-0.2, -0.15) is 0 Å². The number of rotatable bonds is 6. The van der Waals surface area contributed by atoms with Crippen LogP contribution in [-0.2, 0) is 16.6 Å². The Labute approximate surface area is 168 Å². The van der Waals surface area contributed by atoms with Gasteiger partial charge in [0.25, 0.3) is 15.9 Å². The van der Waals surface area contributed by atoms with Gasteiger partial charge in [0.2, 0.25) is 0 Å². The number of carbonyl (C=O) groups excluding carboxylic acids is 1. The van der Waals surface area contributed by atoms with Gasteiger partial charge in [0.15, 0.2) is 0 Å². The highest BCUT2D eigenvalue weighted by atomic mass is 32.2. The van der Waals surface area contributed by atoms with Crippen LogP contribution in [0.5, 0.6) is 0 Å². The maximum Gasteiger partial charge on any atom is 0.261 e. The Bertz CT molecular complexity index is 1120. The molecule has 0 spiro atoms. The monoisotopic (exact) mass is 415 g/mol. The van der Waals surface area contributed by atoms with Crippen molar-refractivity contribution < 1.29 is 13.2 Å². The molecule has 1 aromatic heterocycles. The van der Waals surface area contributed by atoms with Crippen molar-refractivity contribution in [1.29, 1.82) is 0 Å². The third-order valence-electron chi connectivity index (χ3n) is 4.25. The van der Waals surface area contributed by atoms with Crippen LogP contribution in [0.1, 0.15) is 32.2 Å². The van der Waals surface area contributed by atoms with Crippen molar-refractivity contribution in [1.82, 2.24) is 10.3 Å². The summed E-state index contributed by atoms with van der Waals surface area (Å²) in [5, 5.41) is 5.61. The maximum atomic E-state index is 12.8. The Morgan fingerprint density at radius 3 is 2.50 bits per heavy atom. The quantitative estimate of drug-likeness (QED) is 0.641. The zero-order valence-electron chi connectivity index (χ0n) is 15.8. The average molecular weight is 416 g/mol. The molecule has 0 aliphatic carbocycles. The number of benzene rings is 2. The molecular weight excluding hydrogens is 394 g/mol. The number of amides is 1. The number of thiazole rings is 1. The molecule has 0 radical (unpaired) electrons. The first-order valence-electron chi connectivity index (χ1n) is 8.64. The van der Waals surface area contributed by atoms with Crippen molar-refractivity contribution in [2.45, 2.75) is 32.2 Å².